The standard InChI is InChI=1S/C19H22N2O2/c1-20-13-15-10-11-21(14-15)19(22)16-6-5-9-18(12-16)23-17-7-3-2-4-8-17/h2-9,12,15,20H,10-11,13-14H2,1H3. The van der Waals surface area contributed by atoms with Crippen molar-refractivity contribution < 1.29 is 9.53 Å². The average Bonchev–Trinajstić information content (AvgIpc) is 3.04. The highest BCUT2D eigenvalue weighted by Gasteiger charge is 2.26. The van der Waals surface area contributed by atoms with Crippen LogP contribution in [-0.2, 0) is 0 Å². The zero-order valence-corrected chi connectivity index (χ0v) is 13.4. The maximum atomic E-state index is 12.7. The molecule has 1 aliphatic heterocycles. The van der Waals surface area contributed by atoms with E-state index in [1.807, 2.05) is 66.5 Å². The van der Waals surface area contributed by atoms with E-state index in [0.717, 1.165) is 31.8 Å². The number of rotatable bonds is 5. The van der Waals surface area contributed by atoms with Gasteiger partial charge in [0.05, 0.1) is 0 Å². The fourth-order valence-corrected chi connectivity index (χ4v) is 2.97. The molecule has 1 aliphatic rings. The third-order valence-electron chi connectivity index (χ3n) is 4.13. The van der Waals surface area contributed by atoms with Gasteiger partial charge in [0.15, 0.2) is 0 Å². The predicted octanol–water partition coefficient (Wildman–Crippen LogP) is 3.16. The van der Waals surface area contributed by atoms with E-state index in [0.29, 0.717) is 17.2 Å². The summed E-state index contributed by atoms with van der Waals surface area (Å²) < 4.78 is 5.81. The molecule has 0 radical (unpaired) electrons. The lowest BCUT2D eigenvalue weighted by Crippen LogP contribution is -2.30. The van der Waals surface area contributed by atoms with Crippen LogP contribution in [0.15, 0.2) is 54.6 Å². The molecule has 1 atom stereocenters. The molecule has 4 heteroatoms. The Balaban J connectivity index is 1.68. The largest absolute Gasteiger partial charge is 0.457 e. The molecule has 0 saturated carbocycles. The van der Waals surface area contributed by atoms with Gasteiger partial charge in [0.25, 0.3) is 5.91 Å². The Labute approximate surface area is 137 Å². The highest BCUT2D eigenvalue weighted by Crippen LogP contribution is 2.24. The molecular formula is C19H22N2O2. The molecule has 2 aromatic carbocycles. The predicted molar refractivity (Wildman–Crippen MR) is 90.9 cm³/mol. The number of para-hydroxylation sites is 1. The highest BCUT2D eigenvalue weighted by molar-refractivity contribution is 5.94. The molecule has 1 amide bonds. The fraction of sp³-hybridized carbons (Fsp3) is 0.316. The van der Waals surface area contributed by atoms with Gasteiger partial charge in [-0.05, 0) is 56.3 Å². The minimum atomic E-state index is 0.0853. The van der Waals surface area contributed by atoms with Crippen LogP contribution in [-0.4, -0.2) is 37.5 Å². The first-order valence-electron chi connectivity index (χ1n) is 8.03. The van der Waals surface area contributed by atoms with Crippen molar-refractivity contribution in [3.63, 3.8) is 0 Å². The number of likely N-dealkylation sites (tertiary alicyclic amines) is 1. The van der Waals surface area contributed by atoms with Crippen molar-refractivity contribution >= 4 is 5.91 Å². The smallest absolute Gasteiger partial charge is 0.253 e. The zero-order chi connectivity index (χ0) is 16.1. The number of carbonyl (C=O) groups is 1. The first kappa shape index (κ1) is 15.6. The van der Waals surface area contributed by atoms with Crippen LogP contribution in [0, 0.1) is 5.92 Å². The van der Waals surface area contributed by atoms with Crippen LogP contribution in [0.1, 0.15) is 16.8 Å². The summed E-state index contributed by atoms with van der Waals surface area (Å²) in [6, 6.07) is 17.0. The fourth-order valence-electron chi connectivity index (χ4n) is 2.97. The number of nitrogens with one attached hydrogen (secondary N) is 1. The number of carbonyl (C=O) groups excluding carboxylic acids is 1. The van der Waals surface area contributed by atoms with E-state index in [1.165, 1.54) is 0 Å². The lowest BCUT2D eigenvalue weighted by Gasteiger charge is -2.17. The van der Waals surface area contributed by atoms with Gasteiger partial charge >= 0.3 is 0 Å². The number of benzene rings is 2. The summed E-state index contributed by atoms with van der Waals surface area (Å²) >= 11 is 0. The minimum absolute atomic E-state index is 0.0853. The monoisotopic (exact) mass is 310 g/mol. The van der Waals surface area contributed by atoms with Crippen LogP contribution in [0.4, 0.5) is 0 Å². The molecule has 1 heterocycles. The normalized spacial score (nSPS) is 17.3. The van der Waals surface area contributed by atoms with Crippen molar-refractivity contribution in [1.82, 2.24) is 10.2 Å². The highest BCUT2D eigenvalue weighted by atomic mass is 16.5. The van der Waals surface area contributed by atoms with Crippen LogP contribution in [0.3, 0.4) is 0 Å². The third-order valence-corrected chi connectivity index (χ3v) is 4.13. The first-order valence-corrected chi connectivity index (χ1v) is 8.03. The van der Waals surface area contributed by atoms with Crippen molar-refractivity contribution in [2.75, 3.05) is 26.7 Å². The van der Waals surface area contributed by atoms with Crippen LogP contribution >= 0.6 is 0 Å². The van der Waals surface area contributed by atoms with Crippen molar-refractivity contribution in [2.45, 2.75) is 6.42 Å². The van der Waals surface area contributed by atoms with Crippen molar-refractivity contribution in [1.29, 1.82) is 0 Å². The maximum absolute atomic E-state index is 12.7. The van der Waals surface area contributed by atoms with Crippen molar-refractivity contribution in [3.05, 3.63) is 60.2 Å². The van der Waals surface area contributed by atoms with Crippen LogP contribution in [0.5, 0.6) is 11.5 Å². The second-order valence-electron chi connectivity index (χ2n) is 5.91. The summed E-state index contributed by atoms with van der Waals surface area (Å²) in [5, 5.41) is 3.19. The summed E-state index contributed by atoms with van der Waals surface area (Å²) in [4.78, 5) is 14.6. The molecule has 0 bridgehead atoms. The lowest BCUT2D eigenvalue weighted by molar-refractivity contribution is 0.0787. The number of amides is 1. The van der Waals surface area contributed by atoms with Crippen LogP contribution < -0.4 is 10.1 Å². The Morgan fingerprint density at radius 3 is 2.74 bits per heavy atom. The van der Waals surface area contributed by atoms with Gasteiger partial charge in [-0.25, -0.2) is 0 Å². The summed E-state index contributed by atoms with van der Waals surface area (Å²) in [7, 11) is 1.95. The number of nitrogens with zero attached hydrogens (tertiary/aromatic N) is 1. The number of hydrogen-bond acceptors (Lipinski definition) is 3. The van der Waals surface area contributed by atoms with E-state index in [4.69, 9.17) is 4.74 Å². The van der Waals surface area contributed by atoms with Gasteiger partial charge in [-0.1, -0.05) is 24.3 Å². The molecular weight excluding hydrogens is 288 g/mol. The van der Waals surface area contributed by atoms with Gasteiger partial charge in [-0.3, -0.25) is 4.79 Å². The molecule has 1 saturated heterocycles. The first-order chi connectivity index (χ1) is 11.3. The molecule has 3 rings (SSSR count). The Bertz CT molecular complexity index is 657. The average molecular weight is 310 g/mol. The molecule has 0 aliphatic carbocycles. The van der Waals surface area contributed by atoms with Crippen LogP contribution in [0.2, 0.25) is 0 Å². The number of ether oxygens (including phenoxy) is 1. The van der Waals surface area contributed by atoms with E-state index < -0.39 is 0 Å². The van der Waals surface area contributed by atoms with E-state index in [2.05, 4.69) is 5.32 Å². The van der Waals surface area contributed by atoms with Gasteiger partial charge in [0.2, 0.25) is 0 Å². The molecule has 1 N–H and O–H groups in total. The van der Waals surface area contributed by atoms with Crippen molar-refractivity contribution in [2.24, 2.45) is 5.92 Å². The SMILES string of the molecule is CNCC1CCN(C(=O)c2cccc(Oc3ccccc3)c2)C1. The van der Waals surface area contributed by atoms with Gasteiger partial charge in [-0.2, -0.15) is 0 Å². The second-order valence-corrected chi connectivity index (χ2v) is 5.91. The van der Waals surface area contributed by atoms with E-state index >= 15 is 0 Å². The maximum Gasteiger partial charge on any atom is 0.253 e. The molecule has 1 unspecified atom stereocenters. The molecule has 0 spiro atoms. The quantitative estimate of drug-likeness (QED) is 0.922. The van der Waals surface area contributed by atoms with Gasteiger partial charge in [-0.15, -0.1) is 0 Å². The Kier molecular flexibility index (Phi) is 4.93. The summed E-state index contributed by atoms with van der Waals surface area (Å²) in [6.45, 7) is 2.61. The van der Waals surface area contributed by atoms with Crippen LogP contribution in [0.25, 0.3) is 0 Å². The minimum Gasteiger partial charge on any atom is -0.457 e. The van der Waals surface area contributed by atoms with E-state index in [1.54, 1.807) is 0 Å². The Hall–Kier alpha value is -2.33. The molecule has 23 heavy (non-hydrogen) atoms. The third kappa shape index (κ3) is 3.90. The molecule has 0 aromatic heterocycles. The summed E-state index contributed by atoms with van der Waals surface area (Å²) in [5.41, 5.74) is 0.684. The van der Waals surface area contributed by atoms with Crippen molar-refractivity contribution in [3.8, 4) is 11.5 Å². The van der Waals surface area contributed by atoms with Gasteiger partial charge in [0, 0.05) is 18.7 Å². The molecule has 4 nitrogen and oxygen atoms in total. The molecule has 120 valence electrons. The molecule has 1 fully saturated rings. The van der Waals surface area contributed by atoms with Gasteiger partial charge in [0.1, 0.15) is 11.5 Å². The number of hydrogen-bond donors (Lipinski definition) is 1. The van der Waals surface area contributed by atoms with E-state index in [-0.39, 0.29) is 5.91 Å². The Morgan fingerprint density at radius 2 is 1.96 bits per heavy atom. The Morgan fingerprint density at radius 1 is 1.17 bits per heavy atom. The van der Waals surface area contributed by atoms with Gasteiger partial charge < -0.3 is 15.0 Å². The molecule has 2 aromatic rings. The summed E-state index contributed by atoms with van der Waals surface area (Å²) in [5.74, 6) is 2.09. The lowest BCUT2D eigenvalue weighted by atomic mass is 10.1. The zero-order valence-electron chi connectivity index (χ0n) is 13.4. The topological polar surface area (TPSA) is 41.6 Å². The summed E-state index contributed by atoms with van der Waals surface area (Å²) in [6.07, 6.45) is 1.06. The van der Waals surface area contributed by atoms with E-state index in [9.17, 15) is 4.79 Å². The second kappa shape index (κ2) is 7.29.